The SMILES string of the molecule is O=C(NCCc1ccc(Cl)cc1)c1ccc(Cn2cncn2)cc1. The standard InChI is InChI=1S/C18H17ClN4O/c19-17-7-3-14(4-8-17)9-10-21-18(24)16-5-1-15(2-6-16)11-23-13-20-12-22-23/h1-8,12-13H,9-11H2,(H,21,24). The predicted molar refractivity (Wildman–Crippen MR) is 93.1 cm³/mol. The van der Waals surface area contributed by atoms with Crippen LogP contribution < -0.4 is 5.32 Å². The van der Waals surface area contributed by atoms with Gasteiger partial charge in [-0.05, 0) is 41.8 Å². The van der Waals surface area contributed by atoms with Gasteiger partial charge >= 0.3 is 0 Å². The summed E-state index contributed by atoms with van der Waals surface area (Å²) in [6.07, 6.45) is 3.94. The van der Waals surface area contributed by atoms with Crippen LogP contribution in [0.4, 0.5) is 0 Å². The molecule has 3 rings (SSSR count). The van der Waals surface area contributed by atoms with E-state index >= 15 is 0 Å². The lowest BCUT2D eigenvalue weighted by Crippen LogP contribution is -2.25. The first-order valence-electron chi connectivity index (χ1n) is 7.65. The number of carbonyl (C=O) groups is 1. The molecule has 0 fully saturated rings. The lowest BCUT2D eigenvalue weighted by molar-refractivity contribution is 0.0954. The van der Waals surface area contributed by atoms with Crippen LogP contribution in [0.25, 0.3) is 0 Å². The molecule has 1 heterocycles. The fourth-order valence-corrected chi connectivity index (χ4v) is 2.46. The molecule has 1 aromatic heterocycles. The second-order valence-electron chi connectivity index (χ2n) is 5.42. The number of amides is 1. The molecule has 0 aliphatic heterocycles. The molecule has 122 valence electrons. The van der Waals surface area contributed by atoms with Gasteiger partial charge in [-0.25, -0.2) is 9.67 Å². The van der Waals surface area contributed by atoms with Crippen LogP contribution in [0.5, 0.6) is 0 Å². The molecule has 2 aromatic carbocycles. The number of hydrogen-bond acceptors (Lipinski definition) is 3. The first-order chi connectivity index (χ1) is 11.7. The van der Waals surface area contributed by atoms with E-state index in [1.54, 1.807) is 11.0 Å². The van der Waals surface area contributed by atoms with E-state index < -0.39 is 0 Å². The van der Waals surface area contributed by atoms with Crippen LogP contribution in [0.3, 0.4) is 0 Å². The Hall–Kier alpha value is -2.66. The zero-order valence-corrected chi connectivity index (χ0v) is 13.8. The summed E-state index contributed by atoms with van der Waals surface area (Å²) in [5.74, 6) is -0.0729. The number of carbonyl (C=O) groups excluding carboxylic acids is 1. The van der Waals surface area contributed by atoms with E-state index in [-0.39, 0.29) is 5.91 Å². The van der Waals surface area contributed by atoms with Crippen molar-refractivity contribution in [1.29, 1.82) is 0 Å². The van der Waals surface area contributed by atoms with Gasteiger partial charge in [0.15, 0.2) is 0 Å². The quantitative estimate of drug-likeness (QED) is 0.750. The van der Waals surface area contributed by atoms with E-state index in [1.807, 2.05) is 48.5 Å². The highest BCUT2D eigenvalue weighted by Crippen LogP contribution is 2.10. The van der Waals surface area contributed by atoms with Gasteiger partial charge in [0.25, 0.3) is 5.91 Å². The Bertz CT molecular complexity index is 783. The molecule has 0 aliphatic rings. The molecule has 0 bridgehead atoms. The number of hydrogen-bond donors (Lipinski definition) is 1. The average Bonchev–Trinajstić information content (AvgIpc) is 3.10. The molecule has 0 saturated heterocycles. The summed E-state index contributed by atoms with van der Waals surface area (Å²) in [7, 11) is 0. The van der Waals surface area contributed by atoms with Gasteiger partial charge < -0.3 is 5.32 Å². The van der Waals surface area contributed by atoms with E-state index in [0.29, 0.717) is 23.7 Å². The smallest absolute Gasteiger partial charge is 0.251 e. The number of nitrogens with zero attached hydrogens (tertiary/aromatic N) is 3. The lowest BCUT2D eigenvalue weighted by atomic mass is 10.1. The van der Waals surface area contributed by atoms with Crippen molar-refractivity contribution >= 4 is 17.5 Å². The maximum Gasteiger partial charge on any atom is 0.251 e. The Morgan fingerprint density at radius 3 is 2.42 bits per heavy atom. The molecule has 0 atom stereocenters. The van der Waals surface area contributed by atoms with Crippen molar-refractivity contribution in [2.24, 2.45) is 0 Å². The highest BCUT2D eigenvalue weighted by molar-refractivity contribution is 6.30. The van der Waals surface area contributed by atoms with Crippen molar-refractivity contribution < 1.29 is 4.79 Å². The van der Waals surface area contributed by atoms with Crippen LogP contribution in [-0.4, -0.2) is 27.2 Å². The Morgan fingerprint density at radius 1 is 1.04 bits per heavy atom. The van der Waals surface area contributed by atoms with Gasteiger partial charge in [0, 0.05) is 17.1 Å². The Balaban J connectivity index is 1.50. The summed E-state index contributed by atoms with van der Waals surface area (Å²) in [5, 5.41) is 7.71. The monoisotopic (exact) mass is 340 g/mol. The summed E-state index contributed by atoms with van der Waals surface area (Å²) in [5.41, 5.74) is 2.86. The second kappa shape index (κ2) is 7.75. The summed E-state index contributed by atoms with van der Waals surface area (Å²) < 4.78 is 1.74. The van der Waals surface area contributed by atoms with Crippen LogP contribution in [0.2, 0.25) is 5.02 Å². The molecular formula is C18H17ClN4O. The summed E-state index contributed by atoms with van der Waals surface area (Å²) in [6, 6.07) is 15.1. The van der Waals surface area contributed by atoms with Crippen molar-refractivity contribution in [2.45, 2.75) is 13.0 Å². The largest absolute Gasteiger partial charge is 0.352 e. The fourth-order valence-electron chi connectivity index (χ4n) is 2.34. The lowest BCUT2D eigenvalue weighted by Gasteiger charge is -2.07. The minimum absolute atomic E-state index is 0.0729. The zero-order chi connectivity index (χ0) is 16.8. The van der Waals surface area contributed by atoms with E-state index in [9.17, 15) is 4.79 Å². The normalized spacial score (nSPS) is 10.5. The second-order valence-corrected chi connectivity index (χ2v) is 5.86. The number of halogens is 1. The third kappa shape index (κ3) is 4.43. The molecule has 24 heavy (non-hydrogen) atoms. The molecular weight excluding hydrogens is 324 g/mol. The van der Waals surface area contributed by atoms with Gasteiger partial charge in [0.05, 0.1) is 6.54 Å². The van der Waals surface area contributed by atoms with E-state index in [0.717, 1.165) is 17.5 Å². The first kappa shape index (κ1) is 16.2. The third-order valence-electron chi connectivity index (χ3n) is 3.64. The number of benzene rings is 2. The maximum absolute atomic E-state index is 12.2. The predicted octanol–water partition coefficient (Wildman–Crippen LogP) is 2.95. The molecule has 1 amide bonds. The summed E-state index contributed by atoms with van der Waals surface area (Å²) >= 11 is 5.85. The third-order valence-corrected chi connectivity index (χ3v) is 3.89. The molecule has 0 radical (unpaired) electrons. The number of rotatable bonds is 6. The average molecular weight is 341 g/mol. The van der Waals surface area contributed by atoms with E-state index in [1.165, 1.54) is 6.33 Å². The van der Waals surface area contributed by atoms with Gasteiger partial charge in [-0.2, -0.15) is 5.10 Å². The highest BCUT2D eigenvalue weighted by Gasteiger charge is 2.05. The zero-order valence-electron chi connectivity index (χ0n) is 13.0. The van der Waals surface area contributed by atoms with E-state index in [2.05, 4.69) is 15.4 Å². The van der Waals surface area contributed by atoms with Crippen molar-refractivity contribution in [2.75, 3.05) is 6.54 Å². The molecule has 0 saturated carbocycles. The molecule has 6 heteroatoms. The van der Waals surface area contributed by atoms with Crippen LogP contribution >= 0.6 is 11.6 Å². The minimum atomic E-state index is -0.0729. The molecule has 0 aliphatic carbocycles. The van der Waals surface area contributed by atoms with Gasteiger partial charge in [-0.15, -0.1) is 0 Å². The first-order valence-corrected chi connectivity index (χ1v) is 8.02. The fraction of sp³-hybridized carbons (Fsp3) is 0.167. The van der Waals surface area contributed by atoms with Crippen LogP contribution in [0.15, 0.2) is 61.2 Å². The summed E-state index contributed by atoms with van der Waals surface area (Å²) in [6.45, 7) is 1.22. The van der Waals surface area contributed by atoms with Crippen LogP contribution in [-0.2, 0) is 13.0 Å². The van der Waals surface area contributed by atoms with Crippen LogP contribution in [0.1, 0.15) is 21.5 Å². The Kier molecular flexibility index (Phi) is 5.23. The summed E-state index contributed by atoms with van der Waals surface area (Å²) in [4.78, 5) is 16.1. The highest BCUT2D eigenvalue weighted by atomic mass is 35.5. The van der Waals surface area contributed by atoms with Crippen molar-refractivity contribution in [3.63, 3.8) is 0 Å². The topological polar surface area (TPSA) is 59.8 Å². The molecule has 5 nitrogen and oxygen atoms in total. The minimum Gasteiger partial charge on any atom is -0.352 e. The van der Waals surface area contributed by atoms with Gasteiger partial charge in [0.2, 0.25) is 0 Å². The van der Waals surface area contributed by atoms with Crippen molar-refractivity contribution in [1.82, 2.24) is 20.1 Å². The van der Waals surface area contributed by atoms with Gasteiger partial charge in [0.1, 0.15) is 12.7 Å². The Labute approximate surface area is 145 Å². The number of aromatic nitrogens is 3. The van der Waals surface area contributed by atoms with Crippen LogP contribution in [0, 0.1) is 0 Å². The molecule has 0 unspecified atom stereocenters. The van der Waals surface area contributed by atoms with E-state index in [4.69, 9.17) is 11.6 Å². The Morgan fingerprint density at radius 2 is 1.75 bits per heavy atom. The van der Waals surface area contributed by atoms with Gasteiger partial charge in [-0.1, -0.05) is 35.9 Å². The van der Waals surface area contributed by atoms with Crippen molar-refractivity contribution in [3.8, 4) is 0 Å². The number of nitrogens with one attached hydrogen (secondary N) is 1. The maximum atomic E-state index is 12.2. The van der Waals surface area contributed by atoms with Crippen molar-refractivity contribution in [3.05, 3.63) is 82.9 Å². The molecule has 1 N–H and O–H groups in total. The molecule has 0 spiro atoms. The molecule has 3 aromatic rings. The van der Waals surface area contributed by atoms with Gasteiger partial charge in [-0.3, -0.25) is 4.79 Å².